The lowest BCUT2D eigenvalue weighted by atomic mass is 10.2. The maximum absolute atomic E-state index is 13.7. The lowest BCUT2D eigenvalue weighted by Gasteiger charge is -2.12. The van der Waals surface area contributed by atoms with Gasteiger partial charge in [0.1, 0.15) is 12.4 Å². The van der Waals surface area contributed by atoms with Crippen molar-refractivity contribution in [2.45, 2.75) is 13.5 Å². The van der Waals surface area contributed by atoms with E-state index in [1.54, 1.807) is 42.5 Å². The van der Waals surface area contributed by atoms with Gasteiger partial charge < -0.3 is 14.8 Å². The summed E-state index contributed by atoms with van der Waals surface area (Å²) < 4.78 is 24.7. The Morgan fingerprint density at radius 3 is 2.75 bits per heavy atom. The molecule has 2 aromatic rings. The fraction of sp³-hybridized carbons (Fsp3) is 0.150. The van der Waals surface area contributed by atoms with E-state index in [0.717, 1.165) is 11.8 Å². The van der Waals surface area contributed by atoms with Crippen LogP contribution in [0.4, 0.5) is 4.39 Å². The van der Waals surface area contributed by atoms with Crippen molar-refractivity contribution < 1.29 is 23.5 Å². The second-order valence-electron chi connectivity index (χ2n) is 5.80. The number of hydrogen-bond acceptors (Lipinski definition) is 5. The standard InChI is InChI=1S/C20H17FN2O4S/c1-12(24)22-20-23-19(25)18(28-20)10-13-7-8-16(17(9-13)26-2)27-11-14-5-3-4-6-15(14)21/h3-10H,11H2,1-2H3,(H,22,23,24,25). The van der Waals surface area contributed by atoms with E-state index < -0.39 is 5.91 Å². The number of benzene rings is 2. The summed E-state index contributed by atoms with van der Waals surface area (Å²) in [5.41, 5.74) is 1.14. The van der Waals surface area contributed by atoms with Gasteiger partial charge in [-0.2, -0.15) is 4.99 Å². The molecule has 0 radical (unpaired) electrons. The number of aliphatic imine (C=N–C) groups is 1. The first-order valence-corrected chi connectivity index (χ1v) is 9.12. The third-order valence-electron chi connectivity index (χ3n) is 3.73. The van der Waals surface area contributed by atoms with Gasteiger partial charge in [-0.3, -0.25) is 9.59 Å². The van der Waals surface area contributed by atoms with E-state index in [9.17, 15) is 14.0 Å². The summed E-state index contributed by atoms with van der Waals surface area (Å²) in [5, 5.41) is 2.74. The first-order valence-electron chi connectivity index (χ1n) is 8.30. The van der Waals surface area contributed by atoms with Crippen LogP contribution in [0, 0.1) is 5.82 Å². The Kier molecular flexibility index (Phi) is 6.10. The Balaban J connectivity index is 1.74. The van der Waals surface area contributed by atoms with Crippen LogP contribution in [0.2, 0.25) is 0 Å². The zero-order valence-electron chi connectivity index (χ0n) is 15.2. The minimum atomic E-state index is -0.424. The highest BCUT2D eigenvalue weighted by Gasteiger charge is 2.22. The van der Waals surface area contributed by atoms with E-state index in [0.29, 0.717) is 27.5 Å². The number of carbonyl (C=O) groups excluding carboxylic acids is 2. The Labute approximate surface area is 165 Å². The predicted molar refractivity (Wildman–Crippen MR) is 106 cm³/mol. The summed E-state index contributed by atoms with van der Waals surface area (Å²) >= 11 is 1.08. The van der Waals surface area contributed by atoms with Crippen molar-refractivity contribution >= 4 is 34.8 Å². The van der Waals surface area contributed by atoms with Gasteiger partial charge in [0, 0.05) is 12.5 Å². The Hall–Kier alpha value is -3.13. The Bertz CT molecular complexity index is 988. The molecular formula is C20H17FN2O4S. The molecule has 2 aromatic carbocycles. The van der Waals surface area contributed by atoms with Crippen LogP contribution in [-0.2, 0) is 16.2 Å². The maximum Gasteiger partial charge on any atom is 0.286 e. The van der Waals surface area contributed by atoms with Crippen molar-refractivity contribution in [1.29, 1.82) is 0 Å². The Morgan fingerprint density at radius 1 is 1.25 bits per heavy atom. The van der Waals surface area contributed by atoms with Gasteiger partial charge in [0.2, 0.25) is 5.91 Å². The van der Waals surface area contributed by atoms with Crippen molar-refractivity contribution in [2.24, 2.45) is 4.99 Å². The maximum atomic E-state index is 13.7. The average molecular weight is 400 g/mol. The van der Waals surface area contributed by atoms with Crippen LogP contribution < -0.4 is 14.8 Å². The lowest BCUT2D eigenvalue weighted by molar-refractivity contribution is -0.117. The highest BCUT2D eigenvalue weighted by Crippen LogP contribution is 2.32. The summed E-state index contributed by atoms with van der Waals surface area (Å²) in [6, 6.07) is 11.5. The molecule has 1 aliphatic rings. The van der Waals surface area contributed by atoms with Crippen LogP contribution in [-0.4, -0.2) is 24.1 Å². The van der Waals surface area contributed by atoms with Crippen LogP contribution in [0.1, 0.15) is 18.1 Å². The van der Waals surface area contributed by atoms with Gasteiger partial charge in [0.05, 0.1) is 12.0 Å². The topological polar surface area (TPSA) is 77.0 Å². The van der Waals surface area contributed by atoms with Gasteiger partial charge in [-0.05, 0) is 41.6 Å². The zero-order chi connectivity index (χ0) is 20.1. The third kappa shape index (κ3) is 4.77. The summed E-state index contributed by atoms with van der Waals surface area (Å²) in [7, 11) is 1.50. The second-order valence-corrected chi connectivity index (χ2v) is 6.83. The van der Waals surface area contributed by atoms with Crippen LogP contribution in [0.25, 0.3) is 6.08 Å². The van der Waals surface area contributed by atoms with Crippen LogP contribution in [0.15, 0.2) is 52.4 Å². The summed E-state index contributed by atoms with van der Waals surface area (Å²) in [5.74, 6) is -0.155. The number of rotatable bonds is 5. The summed E-state index contributed by atoms with van der Waals surface area (Å²) in [6.45, 7) is 1.41. The molecule has 1 heterocycles. The number of hydrogen-bond donors (Lipinski definition) is 1. The minimum Gasteiger partial charge on any atom is -0.493 e. The minimum absolute atomic E-state index is 0.0612. The van der Waals surface area contributed by atoms with Crippen LogP contribution in [0.5, 0.6) is 11.5 Å². The molecule has 144 valence electrons. The van der Waals surface area contributed by atoms with Crippen LogP contribution in [0.3, 0.4) is 0 Å². The van der Waals surface area contributed by atoms with Crippen molar-refractivity contribution in [3.63, 3.8) is 0 Å². The van der Waals surface area contributed by atoms with Crippen molar-refractivity contribution in [3.05, 3.63) is 64.3 Å². The van der Waals surface area contributed by atoms with Crippen molar-refractivity contribution in [1.82, 2.24) is 5.32 Å². The third-order valence-corrected chi connectivity index (χ3v) is 4.63. The second kappa shape index (κ2) is 8.71. The first kappa shape index (κ1) is 19.6. The molecule has 0 bridgehead atoms. The molecule has 3 rings (SSSR count). The molecule has 0 saturated carbocycles. The molecule has 0 aliphatic carbocycles. The fourth-order valence-electron chi connectivity index (χ4n) is 2.43. The number of nitrogens with zero attached hydrogens (tertiary/aromatic N) is 1. The molecule has 8 heteroatoms. The van der Waals surface area contributed by atoms with E-state index in [4.69, 9.17) is 9.47 Å². The van der Waals surface area contributed by atoms with E-state index in [1.807, 2.05) is 0 Å². The van der Waals surface area contributed by atoms with Crippen LogP contribution >= 0.6 is 11.8 Å². The van der Waals surface area contributed by atoms with E-state index in [1.165, 1.54) is 20.1 Å². The monoisotopic (exact) mass is 400 g/mol. The Morgan fingerprint density at radius 2 is 2.04 bits per heavy atom. The molecule has 0 saturated heterocycles. The number of ether oxygens (including phenoxy) is 2. The molecule has 2 amide bonds. The molecular weight excluding hydrogens is 383 g/mol. The molecule has 28 heavy (non-hydrogen) atoms. The molecule has 1 aliphatic heterocycles. The zero-order valence-corrected chi connectivity index (χ0v) is 16.0. The SMILES string of the molecule is COc1cc(C=C2SC(NC(C)=O)=NC2=O)ccc1OCc1ccccc1F. The largest absolute Gasteiger partial charge is 0.493 e. The predicted octanol–water partition coefficient (Wildman–Crippen LogP) is 3.52. The smallest absolute Gasteiger partial charge is 0.286 e. The highest BCUT2D eigenvalue weighted by molar-refractivity contribution is 8.18. The first-order chi connectivity index (χ1) is 13.5. The van der Waals surface area contributed by atoms with Gasteiger partial charge in [-0.15, -0.1) is 0 Å². The quantitative estimate of drug-likeness (QED) is 0.777. The fourth-order valence-corrected chi connectivity index (χ4v) is 3.29. The van der Waals surface area contributed by atoms with Gasteiger partial charge in [-0.25, -0.2) is 4.39 Å². The molecule has 6 nitrogen and oxygen atoms in total. The van der Waals surface area contributed by atoms with Gasteiger partial charge in [0.15, 0.2) is 16.7 Å². The molecule has 0 atom stereocenters. The number of amides is 2. The van der Waals surface area contributed by atoms with Gasteiger partial charge >= 0.3 is 0 Å². The van der Waals surface area contributed by atoms with Crippen molar-refractivity contribution in [3.8, 4) is 11.5 Å². The normalized spacial score (nSPS) is 14.8. The van der Waals surface area contributed by atoms with E-state index in [2.05, 4.69) is 10.3 Å². The number of amidine groups is 1. The van der Waals surface area contributed by atoms with Gasteiger partial charge in [0.25, 0.3) is 5.91 Å². The molecule has 1 N–H and O–H groups in total. The number of methoxy groups -OCH3 is 1. The molecule has 0 aromatic heterocycles. The number of nitrogens with one attached hydrogen (secondary N) is 1. The number of thioether (sulfide) groups is 1. The molecule has 0 spiro atoms. The van der Waals surface area contributed by atoms with Crippen molar-refractivity contribution in [2.75, 3.05) is 7.11 Å². The van der Waals surface area contributed by atoms with Gasteiger partial charge in [-0.1, -0.05) is 24.3 Å². The highest BCUT2D eigenvalue weighted by atomic mass is 32.2. The number of halogens is 1. The molecule has 0 unspecified atom stereocenters. The summed E-state index contributed by atoms with van der Waals surface area (Å²) in [6.07, 6.45) is 1.65. The summed E-state index contributed by atoms with van der Waals surface area (Å²) in [4.78, 5) is 27.2. The average Bonchev–Trinajstić information content (AvgIpc) is 2.99. The lowest BCUT2D eigenvalue weighted by Crippen LogP contribution is -2.23. The van der Waals surface area contributed by atoms with E-state index >= 15 is 0 Å². The molecule has 0 fully saturated rings. The van der Waals surface area contributed by atoms with E-state index in [-0.39, 0.29) is 23.5 Å². The number of carbonyl (C=O) groups is 2.